The molecule has 1 unspecified atom stereocenters. The van der Waals surface area contributed by atoms with Crippen LogP contribution < -0.4 is 10.6 Å². The number of fused-ring (bicyclic) bond motifs is 1. The molecule has 1 aliphatic rings. The van der Waals surface area contributed by atoms with Crippen LogP contribution in [0.5, 0.6) is 0 Å². The van der Waals surface area contributed by atoms with E-state index in [2.05, 4.69) is 87.1 Å². The van der Waals surface area contributed by atoms with Crippen molar-refractivity contribution in [3.05, 3.63) is 103 Å². The predicted octanol–water partition coefficient (Wildman–Crippen LogP) is 5.19. The van der Waals surface area contributed by atoms with E-state index in [1.165, 1.54) is 5.56 Å². The number of nitrogens with zero attached hydrogens (tertiary/aromatic N) is 3. The molecule has 5 nitrogen and oxygen atoms in total. The zero-order valence-electron chi connectivity index (χ0n) is 17.3. The van der Waals surface area contributed by atoms with Crippen LogP contribution in [0.3, 0.4) is 0 Å². The van der Waals surface area contributed by atoms with E-state index in [0.717, 1.165) is 39.1 Å². The molecule has 0 fully saturated rings. The summed E-state index contributed by atoms with van der Waals surface area (Å²) >= 11 is 0. The van der Waals surface area contributed by atoms with Gasteiger partial charge in [-0.1, -0.05) is 54.6 Å². The van der Waals surface area contributed by atoms with Crippen molar-refractivity contribution < 1.29 is 0 Å². The van der Waals surface area contributed by atoms with E-state index >= 15 is 0 Å². The average Bonchev–Trinajstić information content (AvgIpc) is 2.84. The maximum absolute atomic E-state index is 4.61. The Morgan fingerprint density at radius 3 is 2.61 bits per heavy atom. The third-order valence-corrected chi connectivity index (χ3v) is 5.39. The normalized spacial score (nSPS) is 15.4. The van der Waals surface area contributed by atoms with E-state index in [4.69, 9.17) is 0 Å². The summed E-state index contributed by atoms with van der Waals surface area (Å²) in [7, 11) is 0. The van der Waals surface area contributed by atoms with Gasteiger partial charge < -0.3 is 10.6 Å². The summed E-state index contributed by atoms with van der Waals surface area (Å²) in [5.74, 6) is 0.824. The first-order valence-corrected chi connectivity index (χ1v) is 10.4. The fraction of sp³-hybridized carbons (Fsp3) is 0.115. The highest BCUT2D eigenvalue weighted by Crippen LogP contribution is 2.26. The number of hydrogen-bond acceptors (Lipinski definition) is 5. The van der Waals surface area contributed by atoms with Crippen molar-refractivity contribution in [1.29, 1.82) is 0 Å². The molecule has 1 aliphatic heterocycles. The van der Waals surface area contributed by atoms with Crippen LogP contribution in [0.15, 0.2) is 91.5 Å². The minimum atomic E-state index is 0.360. The standard InChI is InChI=1S/C26H23N5/c1-18-7-9-22(16-27-18)24-12-8-19(14-28-24)15-29-26-23-11-10-21(13-25(23)30-17-31-26)20-5-3-2-4-6-20/h2-14,16-18,27H,15H2,1H3,(H,29,30,31). The lowest BCUT2D eigenvalue weighted by molar-refractivity contribution is 0.763. The molecule has 0 saturated carbocycles. The van der Waals surface area contributed by atoms with E-state index in [0.29, 0.717) is 12.6 Å². The lowest BCUT2D eigenvalue weighted by Crippen LogP contribution is -2.20. The molecule has 0 spiro atoms. The van der Waals surface area contributed by atoms with Crippen molar-refractivity contribution in [3.8, 4) is 11.1 Å². The van der Waals surface area contributed by atoms with Gasteiger partial charge in [0.15, 0.2) is 0 Å². The largest absolute Gasteiger partial charge is 0.384 e. The van der Waals surface area contributed by atoms with Crippen LogP contribution in [0, 0.1) is 0 Å². The molecular weight excluding hydrogens is 382 g/mol. The van der Waals surface area contributed by atoms with Gasteiger partial charge in [0, 0.05) is 35.9 Å². The molecule has 0 amide bonds. The van der Waals surface area contributed by atoms with Crippen molar-refractivity contribution in [3.63, 3.8) is 0 Å². The molecule has 4 aromatic rings. The molecule has 0 radical (unpaired) electrons. The summed E-state index contributed by atoms with van der Waals surface area (Å²) in [4.78, 5) is 13.5. The van der Waals surface area contributed by atoms with Gasteiger partial charge in [-0.25, -0.2) is 9.97 Å². The molecule has 152 valence electrons. The number of hydrogen-bond donors (Lipinski definition) is 2. The van der Waals surface area contributed by atoms with Gasteiger partial charge in [0.1, 0.15) is 12.1 Å². The minimum Gasteiger partial charge on any atom is -0.384 e. The van der Waals surface area contributed by atoms with Gasteiger partial charge in [0.2, 0.25) is 0 Å². The molecule has 1 atom stereocenters. The topological polar surface area (TPSA) is 62.7 Å². The monoisotopic (exact) mass is 405 g/mol. The first-order valence-electron chi connectivity index (χ1n) is 10.4. The average molecular weight is 406 g/mol. The van der Waals surface area contributed by atoms with E-state index in [-0.39, 0.29) is 0 Å². The van der Waals surface area contributed by atoms with Crippen molar-refractivity contribution in [2.24, 2.45) is 0 Å². The molecule has 0 saturated heterocycles. The van der Waals surface area contributed by atoms with Gasteiger partial charge in [-0.05, 0) is 41.8 Å². The van der Waals surface area contributed by atoms with Crippen LogP contribution >= 0.6 is 0 Å². The second-order valence-electron chi connectivity index (χ2n) is 7.64. The first-order chi connectivity index (χ1) is 15.3. The fourth-order valence-electron chi connectivity index (χ4n) is 3.63. The lowest BCUT2D eigenvalue weighted by atomic mass is 10.0. The van der Waals surface area contributed by atoms with E-state index in [9.17, 15) is 0 Å². The first kappa shape index (κ1) is 19.0. The third kappa shape index (κ3) is 4.16. The number of aromatic nitrogens is 3. The second kappa shape index (κ2) is 8.40. The molecule has 2 aromatic carbocycles. The molecule has 5 heteroatoms. The molecular formula is C26H23N5. The number of rotatable bonds is 5. The number of benzene rings is 2. The summed E-state index contributed by atoms with van der Waals surface area (Å²) in [5, 5.41) is 7.75. The highest BCUT2D eigenvalue weighted by molar-refractivity contribution is 5.91. The van der Waals surface area contributed by atoms with Crippen molar-refractivity contribution in [1.82, 2.24) is 20.3 Å². The van der Waals surface area contributed by atoms with Crippen LogP contribution in [0.25, 0.3) is 27.6 Å². The highest BCUT2D eigenvalue weighted by atomic mass is 15.0. The van der Waals surface area contributed by atoms with E-state index < -0.39 is 0 Å². The molecule has 5 rings (SSSR count). The van der Waals surface area contributed by atoms with Gasteiger partial charge in [-0.2, -0.15) is 0 Å². The summed E-state index contributed by atoms with van der Waals surface area (Å²) in [6, 6.07) is 21.1. The summed E-state index contributed by atoms with van der Waals surface area (Å²) in [6.45, 7) is 2.76. The number of pyridine rings is 1. The van der Waals surface area contributed by atoms with Crippen LogP contribution in [-0.2, 0) is 6.54 Å². The second-order valence-corrected chi connectivity index (χ2v) is 7.64. The number of anilines is 1. The Kier molecular flexibility index (Phi) is 5.15. The zero-order valence-corrected chi connectivity index (χ0v) is 17.3. The summed E-state index contributed by atoms with van der Waals surface area (Å²) in [6.07, 6.45) is 9.78. The number of nitrogens with one attached hydrogen (secondary N) is 2. The molecule has 0 bridgehead atoms. The summed E-state index contributed by atoms with van der Waals surface area (Å²) in [5.41, 5.74) is 6.39. The van der Waals surface area contributed by atoms with E-state index in [1.807, 2.05) is 30.6 Å². The minimum absolute atomic E-state index is 0.360. The molecule has 0 aliphatic carbocycles. The maximum Gasteiger partial charge on any atom is 0.137 e. The zero-order chi connectivity index (χ0) is 21.0. The Morgan fingerprint density at radius 2 is 1.84 bits per heavy atom. The van der Waals surface area contributed by atoms with Gasteiger partial charge in [-0.3, -0.25) is 4.98 Å². The van der Waals surface area contributed by atoms with Crippen LogP contribution in [0.1, 0.15) is 18.2 Å². The maximum atomic E-state index is 4.61. The third-order valence-electron chi connectivity index (χ3n) is 5.39. The Morgan fingerprint density at radius 1 is 0.935 bits per heavy atom. The van der Waals surface area contributed by atoms with Gasteiger partial charge in [0.25, 0.3) is 0 Å². The summed E-state index contributed by atoms with van der Waals surface area (Å²) < 4.78 is 0. The van der Waals surface area contributed by atoms with Crippen molar-refractivity contribution >= 4 is 22.3 Å². The molecule has 2 aromatic heterocycles. The number of allylic oxidation sites excluding steroid dienone is 2. The van der Waals surface area contributed by atoms with Crippen LogP contribution in [-0.4, -0.2) is 21.0 Å². The Bertz CT molecular complexity index is 1260. The van der Waals surface area contributed by atoms with Crippen molar-refractivity contribution in [2.45, 2.75) is 19.5 Å². The van der Waals surface area contributed by atoms with Crippen LogP contribution in [0.4, 0.5) is 5.82 Å². The smallest absolute Gasteiger partial charge is 0.137 e. The lowest BCUT2D eigenvalue weighted by Gasteiger charge is -2.14. The Hall–Kier alpha value is -3.99. The van der Waals surface area contributed by atoms with Gasteiger partial charge >= 0.3 is 0 Å². The molecule has 2 N–H and O–H groups in total. The van der Waals surface area contributed by atoms with Crippen LogP contribution in [0.2, 0.25) is 0 Å². The quantitative estimate of drug-likeness (QED) is 0.478. The van der Waals surface area contributed by atoms with Gasteiger partial charge in [0.05, 0.1) is 11.2 Å². The highest BCUT2D eigenvalue weighted by Gasteiger charge is 2.08. The fourth-order valence-corrected chi connectivity index (χ4v) is 3.63. The van der Waals surface area contributed by atoms with Gasteiger partial charge in [-0.15, -0.1) is 0 Å². The SMILES string of the molecule is CC1C=CC(c2ccc(CNc3ncnc4cc(-c5ccccc5)ccc34)cn2)=CN1. The number of dihydropyridines is 1. The predicted molar refractivity (Wildman–Crippen MR) is 126 cm³/mol. The van der Waals surface area contributed by atoms with Crippen molar-refractivity contribution in [2.75, 3.05) is 5.32 Å². The van der Waals surface area contributed by atoms with E-state index in [1.54, 1.807) is 6.33 Å². The Balaban J connectivity index is 1.32. The molecule has 31 heavy (non-hydrogen) atoms. The Labute approximate surface area is 181 Å². The molecule has 3 heterocycles.